The van der Waals surface area contributed by atoms with Gasteiger partial charge in [-0.1, -0.05) is 11.6 Å². The van der Waals surface area contributed by atoms with Crippen LogP contribution in [0.2, 0.25) is 5.02 Å². The fraction of sp³-hybridized carbons (Fsp3) is 0.222. The van der Waals surface area contributed by atoms with Crippen molar-refractivity contribution in [3.05, 3.63) is 47.0 Å². The summed E-state index contributed by atoms with van der Waals surface area (Å²) < 4.78 is 20.2. The van der Waals surface area contributed by atoms with E-state index in [4.69, 9.17) is 16.0 Å². The van der Waals surface area contributed by atoms with Gasteiger partial charge in [0, 0.05) is 29.9 Å². The molecule has 0 aliphatic carbocycles. The second-order valence-corrected chi connectivity index (χ2v) is 6.38. The average molecular weight is 373 g/mol. The summed E-state index contributed by atoms with van der Waals surface area (Å²) in [7, 11) is 0. The molecule has 0 radical (unpaired) electrons. The Morgan fingerprint density at radius 2 is 2.31 bits per heavy atom. The largest absolute Gasteiger partial charge is 0.423 e. The molecule has 3 heterocycles. The molecule has 26 heavy (non-hydrogen) atoms. The van der Waals surface area contributed by atoms with E-state index in [1.54, 1.807) is 12.1 Å². The quantitative estimate of drug-likeness (QED) is 0.696. The van der Waals surface area contributed by atoms with Crippen LogP contribution in [0.3, 0.4) is 0 Å². The summed E-state index contributed by atoms with van der Waals surface area (Å²) in [6, 6.07) is 6.16. The third-order valence-corrected chi connectivity index (χ3v) is 4.58. The lowest BCUT2D eigenvalue weighted by Crippen LogP contribution is -2.48. The standard InChI is InChI=1S/C18H14ClFN4O2/c1-10-15(9-25)21-5-6-24(10)18-23-14-8-11(19)7-12(17(14)26-18)16-13(20)3-2-4-22-16/h2-4,7-8,10,21H,5-6H2,1H3. The second kappa shape index (κ2) is 6.44. The first-order valence-electron chi connectivity index (χ1n) is 8.05. The molecule has 1 N–H and O–H groups in total. The summed E-state index contributed by atoms with van der Waals surface area (Å²) in [5.74, 6) is 1.43. The SMILES string of the molecule is CC1C(=C=O)NCCN1c1nc2cc(Cl)cc(-c3ncccc3F)c2o1. The number of fused-ring (bicyclic) bond motifs is 1. The van der Waals surface area contributed by atoms with Gasteiger partial charge < -0.3 is 14.6 Å². The van der Waals surface area contributed by atoms with Crippen molar-refractivity contribution >= 4 is 34.7 Å². The summed E-state index contributed by atoms with van der Waals surface area (Å²) in [5, 5.41) is 3.41. The Balaban J connectivity index is 1.87. The number of nitrogens with zero attached hydrogens (tertiary/aromatic N) is 3. The van der Waals surface area contributed by atoms with Crippen molar-refractivity contribution < 1.29 is 13.6 Å². The smallest absolute Gasteiger partial charge is 0.299 e. The van der Waals surface area contributed by atoms with Gasteiger partial charge in [-0.2, -0.15) is 4.98 Å². The van der Waals surface area contributed by atoms with E-state index in [9.17, 15) is 9.18 Å². The molecule has 4 rings (SSSR count). The Hall–Kier alpha value is -2.89. The molecular formula is C18H14ClFN4O2. The van der Waals surface area contributed by atoms with E-state index in [1.165, 1.54) is 18.3 Å². The molecule has 1 atom stereocenters. The number of benzene rings is 1. The van der Waals surface area contributed by atoms with Gasteiger partial charge in [0.05, 0.1) is 6.04 Å². The predicted octanol–water partition coefficient (Wildman–Crippen LogP) is 3.20. The minimum Gasteiger partial charge on any atom is -0.423 e. The monoisotopic (exact) mass is 372 g/mol. The van der Waals surface area contributed by atoms with Crippen LogP contribution in [0.5, 0.6) is 0 Å². The van der Waals surface area contributed by atoms with Gasteiger partial charge in [0.1, 0.15) is 28.7 Å². The van der Waals surface area contributed by atoms with Gasteiger partial charge in [-0.3, -0.25) is 4.98 Å². The molecule has 0 spiro atoms. The number of anilines is 1. The highest BCUT2D eigenvalue weighted by atomic mass is 35.5. The minimum atomic E-state index is -0.476. The number of carbonyl (C=O) groups excluding carboxylic acids is 1. The van der Waals surface area contributed by atoms with Crippen LogP contribution in [0, 0.1) is 5.82 Å². The third kappa shape index (κ3) is 2.71. The van der Waals surface area contributed by atoms with E-state index >= 15 is 0 Å². The first-order chi connectivity index (χ1) is 12.6. The van der Waals surface area contributed by atoms with Gasteiger partial charge in [0.2, 0.25) is 0 Å². The van der Waals surface area contributed by atoms with Crippen molar-refractivity contribution in [2.75, 3.05) is 18.0 Å². The number of rotatable bonds is 2. The molecule has 1 saturated heterocycles. The average Bonchev–Trinajstić information content (AvgIpc) is 3.05. The number of hydrogen-bond donors (Lipinski definition) is 1. The van der Waals surface area contributed by atoms with Crippen LogP contribution >= 0.6 is 11.6 Å². The first-order valence-corrected chi connectivity index (χ1v) is 8.42. The van der Waals surface area contributed by atoms with Crippen molar-refractivity contribution in [2.24, 2.45) is 0 Å². The molecule has 0 bridgehead atoms. The molecule has 1 fully saturated rings. The van der Waals surface area contributed by atoms with Gasteiger partial charge >= 0.3 is 0 Å². The minimum absolute atomic E-state index is 0.143. The molecule has 0 amide bonds. The predicted molar refractivity (Wildman–Crippen MR) is 96.2 cm³/mol. The molecule has 0 saturated carbocycles. The summed E-state index contributed by atoms with van der Waals surface area (Å²) >= 11 is 6.18. The van der Waals surface area contributed by atoms with Crippen LogP contribution in [0.4, 0.5) is 10.4 Å². The molecule has 1 aliphatic heterocycles. The number of aromatic nitrogens is 2. The molecule has 6 nitrogen and oxygen atoms in total. The normalized spacial score (nSPS) is 17.3. The lowest BCUT2D eigenvalue weighted by molar-refractivity contribution is 0.496. The van der Waals surface area contributed by atoms with Gasteiger partial charge in [0.25, 0.3) is 6.01 Å². The van der Waals surface area contributed by atoms with E-state index in [0.29, 0.717) is 46.5 Å². The van der Waals surface area contributed by atoms with Crippen LogP contribution in [0.25, 0.3) is 22.4 Å². The Morgan fingerprint density at radius 1 is 1.46 bits per heavy atom. The molecule has 1 aliphatic rings. The third-order valence-electron chi connectivity index (χ3n) is 4.37. The highest BCUT2D eigenvalue weighted by molar-refractivity contribution is 6.31. The van der Waals surface area contributed by atoms with E-state index < -0.39 is 5.82 Å². The maximum atomic E-state index is 14.2. The lowest BCUT2D eigenvalue weighted by Gasteiger charge is -2.33. The van der Waals surface area contributed by atoms with Gasteiger partial charge in [0.15, 0.2) is 5.58 Å². The van der Waals surface area contributed by atoms with Crippen LogP contribution in [-0.4, -0.2) is 35.0 Å². The van der Waals surface area contributed by atoms with Crippen molar-refractivity contribution in [1.29, 1.82) is 0 Å². The zero-order valence-corrected chi connectivity index (χ0v) is 14.5. The van der Waals surface area contributed by atoms with E-state index in [-0.39, 0.29) is 11.7 Å². The van der Waals surface area contributed by atoms with Crippen LogP contribution in [-0.2, 0) is 4.79 Å². The molecule has 2 aromatic heterocycles. The Bertz CT molecular complexity index is 1040. The van der Waals surface area contributed by atoms with Crippen molar-refractivity contribution in [3.63, 3.8) is 0 Å². The van der Waals surface area contributed by atoms with Crippen molar-refractivity contribution in [1.82, 2.24) is 15.3 Å². The molecule has 3 aromatic rings. The molecule has 132 valence electrons. The van der Waals surface area contributed by atoms with E-state index in [1.807, 2.05) is 17.8 Å². The van der Waals surface area contributed by atoms with Gasteiger partial charge in [-0.15, -0.1) is 0 Å². The van der Waals surface area contributed by atoms with Gasteiger partial charge in [-0.05, 0) is 31.2 Å². The Morgan fingerprint density at radius 3 is 3.08 bits per heavy atom. The van der Waals surface area contributed by atoms with Crippen LogP contribution in [0.15, 0.2) is 40.6 Å². The topological polar surface area (TPSA) is 71.3 Å². The fourth-order valence-corrected chi connectivity index (χ4v) is 3.27. The lowest BCUT2D eigenvalue weighted by atomic mass is 10.1. The maximum absolute atomic E-state index is 14.2. The number of pyridine rings is 1. The van der Waals surface area contributed by atoms with Crippen molar-refractivity contribution in [3.8, 4) is 11.3 Å². The summed E-state index contributed by atoms with van der Waals surface area (Å²) in [6.07, 6.45) is 1.50. The summed E-state index contributed by atoms with van der Waals surface area (Å²) in [5.41, 5.74) is 1.90. The second-order valence-electron chi connectivity index (χ2n) is 5.94. The highest BCUT2D eigenvalue weighted by Gasteiger charge is 2.28. The van der Waals surface area contributed by atoms with Crippen LogP contribution in [0.1, 0.15) is 6.92 Å². The van der Waals surface area contributed by atoms with Crippen molar-refractivity contribution in [2.45, 2.75) is 13.0 Å². The molecule has 1 unspecified atom stereocenters. The van der Waals surface area contributed by atoms with E-state index in [2.05, 4.69) is 15.3 Å². The zero-order valence-electron chi connectivity index (χ0n) is 13.8. The maximum Gasteiger partial charge on any atom is 0.299 e. The summed E-state index contributed by atoms with van der Waals surface area (Å²) in [4.78, 5) is 21.5. The van der Waals surface area contributed by atoms with Crippen LogP contribution < -0.4 is 10.2 Å². The van der Waals surface area contributed by atoms with E-state index in [0.717, 1.165) is 0 Å². The highest BCUT2D eigenvalue weighted by Crippen LogP contribution is 2.35. The zero-order chi connectivity index (χ0) is 18.3. The fourth-order valence-electron chi connectivity index (χ4n) is 3.06. The Kier molecular flexibility index (Phi) is 4.11. The number of nitrogens with one attached hydrogen (secondary N) is 1. The number of piperazine rings is 1. The number of halogens is 2. The first kappa shape index (κ1) is 16.6. The Labute approximate surface area is 153 Å². The number of hydrogen-bond acceptors (Lipinski definition) is 6. The van der Waals surface area contributed by atoms with Gasteiger partial charge in [-0.25, -0.2) is 9.18 Å². The molecular weight excluding hydrogens is 359 g/mol. The molecule has 8 heteroatoms. The number of oxazole rings is 1. The molecule has 1 aromatic carbocycles. The summed E-state index contributed by atoms with van der Waals surface area (Å²) in [6.45, 7) is 3.02.